The van der Waals surface area contributed by atoms with Gasteiger partial charge in [-0.15, -0.1) is 0 Å². The van der Waals surface area contributed by atoms with E-state index < -0.39 is 46.8 Å². The van der Waals surface area contributed by atoms with Gasteiger partial charge in [-0.05, 0) is 42.5 Å². The number of nitrogens with zero attached hydrogens (tertiary/aromatic N) is 3. The Morgan fingerprint density at radius 3 is 2.08 bits per heavy atom. The highest BCUT2D eigenvalue weighted by molar-refractivity contribution is 9.12. The van der Waals surface area contributed by atoms with E-state index in [1.54, 1.807) is 12.1 Å². The summed E-state index contributed by atoms with van der Waals surface area (Å²) in [7, 11) is 0. The molecule has 2 aromatic carbocycles. The second-order valence-corrected chi connectivity index (χ2v) is 11.6. The normalized spacial score (nSPS) is 28.4. The molecule has 5 rings (SSSR count). The molecule has 3 fully saturated rings. The first kappa shape index (κ1) is 25.0. The fourth-order valence-corrected chi connectivity index (χ4v) is 7.66. The van der Waals surface area contributed by atoms with Crippen molar-refractivity contribution >= 4 is 72.7 Å². The second kappa shape index (κ2) is 9.35. The Kier molecular flexibility index (Phi) is 6.50. The molecule has 0 aromatic heterocycles. The standard InChI is InChI=1S/C24H18Br2ClN3O6/c25-20-14-9-15(21(20)26)19-18(14)23(33)29(24(19)34)28(22(32)13-3-1-2-4-16(13)27)10-17(31)11-5-7-12(8-6-11)30(35)36/h1-8,14-15,18-21H,9-10H2/t14-,15-,18-,19-,20+,21+/m1/s1. The van der Waals surface area contributed by atoms with Crippen LogP contribution in [-0.2, 0) is 9.59 Å². The third-order valence-electron chi connectivity index (χ3n) is 7.24. The van der Waals surface area contributed by atoms with Crippen LogP contribution in [0, 0.1) is 33.8 Å². The number of rotatable bonds is 6. The van der Waals surface area contributed by atoms with Gasteiger partial charge in [0.05, 0.1) is 27.3 Å². The van der Waals surface area contributed by atoms with Gasteiger partial charge in [0.1, 0.15) is 6.54 Å². The first-order valence-electron chi connectivity index (χ1n) is 11.1. The summed E-state index contributed by atoms with van der Waals surface area (Å²) in [6, 6.07) is 11.1. The van der Waals surface area contributed by atoms with Crippen molar-refractivity contribution in [2.75, 3.05) is 6.54 Å². The molecule has 12 heteroatoms. The molecule has 2 saturated carbocycles. The monoisotopic (exact) mass is 637 g/mol. The summed E-state index contributed by atoms with van der Waals surface area (Å²) >= 11 is 13.5. The average Bonchev–Trinajstić information content (AvgIpc) is 3.47. The summed E-state index contributed by atoms with van der Waals surface area (Å²) in [6.45, 7) is -0.621. The number of nitro benzene ring substituents is 1. The van der Waals surface area contributed by atoms with Gasteiger partial charge in [0.25, 0.3) is 23.4 Å². The van der Waals surface area contributed by atoms with Crippen molar-refractivity contribution in [3.8, 4) is 0 Å². The fraction of sp³-hybridized carbons (Fsp3) is 0.333. The number of imide groups is 1. The van der Waals surface area contributed by atoms with E-state index in [1.807, 2.05) is 0 Å². The molecule has 1 heterocycles. The van der Waals surface area contributed by atoms with Crippen LogP contribution in [-0.4, -0.2) is 54.6 Å². The van der Waals surface area contributed by atoms with Gasteiger partial charge in [0.2, 0.25) is 0 Å². The van der Waals surface area contributed by atoms with E-state index >= 15 is 0 Å². The van der Waals surface area contributed by atoms with Crippen LogP contribution in [0.1, 0.15) is 27.1 Å². The minimum atomic E-state index is -0.768. The SMILES string of the molecule is O=C(CN(C(=O)c1ccccc1Cl)N1C(=O)[C@@H]2[C@H]3C[C@@H]([C@H](Br)[C@H]3Br)[C@H]2C1=O)c1ccc([N+](=O)[O-])cc1. The van der Waals surface area contributed by atoms with Crippen LogP contribution in [0.3, 0.4) is 0 Å². The smallest absolute Gasteiger partial charge is 0.274 e. The van der Waals surface area contributed by atoms with Gasteiger partial charge >= 0.3 is 0 Å². The molecule has 0 radical (unpaired) electrons. The number of hydrogen-bond acceptors (Lipinski definition) is 6. The summed E-state index contributed by atoms with van der Waals surface area (Å²) in [4.78, 5) is 64.3. The maximum atomic E-state index is 13.6. The van der Waals surface area contributed by atoms with E-state index in [4.69, 9.17) is 11.6 Å². The summed E-state index contributed by atoms with van der Waals surface area (Å²) in [5, 5.41) is 12.7. The molecule has 0 unspecified atom stereocenters. The van der Waals surface area contributed by atoms with Gasteiger partial charge in [0, 0.05) is 27.4 Å². The van der Waals surface area contributed by atoms with Gasteiger partial charge in [-0.2, -0.15) is 5.01 Å². The lowest BCUT2D eigenvalue weighted by Gasteiger charge is -2.31. The van der Waals surface area contributed by atoms with Gasteiger partial charge in [-0.25, -0.2) is 5.01 Å². The number of carbonyl (C=O) groups is 4. The van der Waals surface area contributed by atoms with Gasteiger partial charge in [0.15, 0.2) is 5.78 Å². The maximum absolute atomic E-state index is 13.6. The number of non-ortho nitro benzene ring substituents is 1. The van der Waals surface area contributed by atoms with E-state index in [0.717, 1.165) is 10.0 Å². The number of hydrogen-bond donors (Lipinski definition) is 0. The molecular formula is C24H18Br2ClN3O6. The fourth-order valence-electron chi connectivity index (χ4n) is 5.57. The number of fused-ring (bicyclic) bond motifs is 5. The predicted octanol–water partition coefficient (Wildman–Crippen LogP) is 4.27. The first-order valence-corrected chi connectivity index (χ1v) is 13.3. The molecule has 186 valence electrons. The Morgan fingerprint density at radius 1 is 1.00 bits per heavy atom. The largest absolute Gasteiger partial charge is 0.292 e. The molecule has 0 N–H and O–H groups in total. The number of amides is 3. The topological polar surface area (TPSA) is 118 Å². The third kappa shape index (κ3) is 3.88. The van der Waals surface area contributed by atoms with Crippen LogP contribution in [0.15, 0.2) is 48.5 Å². The molecule has 3 aliphatic rings. The van der Waals surface area contributed by atoms with Crippen molar-refractivity contribution in [3.63, 3.8) is 0 Å². The molecule has 3 amide bonds. The molecule has 6 atom stereocenters. The van der Waals surface area contributed by atoms with E-state index in [1.165, 1.54) is 36.4 Å². The second-order valence-electron chi connectivity index (χ2n) is 9.06. The predicted molar refractivity (Wildman–Crippen MR) is 136 cm³/mol. The average molecular weight is 640 g/mol. The van der Waals surface area contributed by atoms with E-state index in [2.05, 4.69) is 31.9 Å². The van der Waals surface area contributed by atoms with Crippen LogP contribution in [0.25, 0.3) is 0 Å². The summed E-state index contributed by atoms with van der Waals surface area (Å²) in [5.41, 5.74) is -0.0663. The summed E-state index contributed by atoms with van der Waals surface area (Å²) in [6.07, 6.45) is 0.715. The van der Waals surface area contributed by atoms with Crippen LogP contribution in [0.4, 0.5) is 5.69 Å². The van der Waals surface area contributed by atoms with E-state index in [-0.39, 0.29) is 43.3 Å². The van der Waals surface area contributed by atoms with Crippen molar-refractivity contribution in [1.82, 2.24) is 10.0 Å². The van der Waals surface area contributed by atoms with Crippen LogP contribution < -0.4 is 0 Å². The molecule has 1 saturated heterocycles. The molecule has 0 spiro atoms. The van der Waals surface area contributed by atoms with Crippen LogP contribution in [0.2, 0.25) is 5.02 Å². The summed E-state index contributed by atoms with van der Waals surface area (Å²) in [5.74, 6) is -3.72. The number of alkyl halides is 2. The number of carbonyl (C=O) groups excluding carboxylic acids is 4. The molecular weight excluding hydrogens is 622 g/mol. The van der Waals surface area contributed by atoms with Crippen molar-refractivity contribution in [3.05, 3.63) is 74.8 Å². The Labute approximate surface area is 227 Å². The number of Topliss-reactive ketones (excluding diaryl/α,β-unsaturated/α-hetero) is 1. The Morgan fingerprint density at radius 2 is 1.56 bits per heavy atom. The summed E-state index contributed by atoms with van der Waals surface area (Å²) < 4.78 is 0. The highest BCUT2D eigenvalue weighted by Crippen LogP contribution is 2.60. The number of halogens is 3. The van der Waals surface area contributed by atoms with Crippen molar-refractivity contribution < 1.29 is 24.1 Å². The Hall–Kier alpha value is -2.63. The van der Waals surface area contributed by atoms with Gasteiger partial charge in [-0.1, -0.05) is 55.6 Å². The molecule has 2 bridgehead atoms. The minimum absolute atomic E-state index is 0.00918. The maximum Gasteiger partial charge on any atom is 0.274 e. The third-order valence-corrected chi connectivity index (χ3v) is 10.8. The zero-order chi connectivity index (χ0) is 25.9. The number of hydrazine groups is 1. The van der Waals surface area contributed by atoms with Crippen molar-refractivity contribution in [1.29, 1.82) is 0 Å². The Bertz CT molecular complexity index is 1270. The molecule has 2 aliphatic carbocycles. The van der Waals surface area contributed by atoms with Crippen molar-refractivity contribution in [2.24, 2.45) is 23.7 Å². The quantitative estimate of drug-likeness (QED) is 0.153. The molecule has 36 heavy (non-hydrogen) atoms. The lowest BCUT2D eigenvalue weighted by atomic mass is 9.81. The van der Waals surface area contributed by atoms with E-state index in [9.17, 15) is 29.3 Å². The van der Waals surface area contributed by atoms with E-state index in [0.29, 0.717) is 6.42 Å². The van der Waals surface area contributed by atoms with Gasteiger partial charge < -0.3 is 0 Å². The zero-order valence-corrected chi connectivity index (χ0v) is 22.4. The van der Waals surface area contributed by atoms with Crippen molar-refractivity contribution in [2.45, 2.75) is 16.1 Å². The molecule has 1 aliphatic heterocycles. The lowest BCUT2D eigenvalue weighted by Crippen LogP contribution is -2.52. The number of ketones is 1. The van der Waals surface area contributed by atoms with Crippen LogP contribution >= 0.6 is 43.5 Å². The molecule has 2 aromatic rings. The number of benzene rings is 2. The zero-order valence-electron chi connectivity index (χ0n) is 18.4. The minimum Gasteiger partial charge on any atom is -0.292 e. The first-order chi connectivity index (χ1) is 17.1. The number of nitro groups is 1. The van der Waals surface area contributed by atoms with Gasteiger partial charge in [-0.3, -0.25) is 29.3 Å². The highest BCUT2D eigenvalue weighted by atomic mass is 79.9. The Balaban J connectivity index is 1.50. The lowest BCUT2D eigenvalue weighted by molar-refractivity contribution is -0.384. The molecule has 9 nitrogen and oxygen atoms in total. The van der Waals surface area contributed by atoms with Crippen LogP contribution in [0.5, 0.6) is 0 Å². The highest BCUT2D eigenvalue weighted by Gasteiger charge is 2.67.